The van der Waals surface area contributed by atoms with E-state index in [0.717, 1.165) is 4.88 Å². The number of thiophene rings is 1. The van der Waals surface area contributed by atoms with E-state index >= 15 is 0 Å². The third kappa shape index (κ3) is 1.49. The first-order valence-electron chi connectivity index (χ1n) is 3.50. The maximum absolute atomic E-state index is 11.2. The summed E-state index contributed by atoms with van der Waals surface area (Å²) in [6.07, 6.45) is 0. The van der Waals surface area contributed by atoms with E-state index in [4.69, 9.17) is 5.73 Å². The Balaban J connectivity index is 2.93. The van der Waals surface area contributed by atoms with Crippen LogP contribution in [-0.2, 0) is 15.1 Å². The molecule has 0 radical (unpaired) electrons. The van der Waals surface area contributed by atoms with Crippen molar-refractivity contribution in [2.75, 3.05) is 7.11 Å². The summed E-state index contributed by atoms with van der Waals surface area (Å²) < 4.78 is 4.58. The van der Waals surface area contributed by atoms with Crippen LogP contribution in [0.1, 0.15) is 11.8 Å². The number of carbonyl (C=O) groups is 1. The Morgan fingerprint density at radius 2 is 2.42 bits per heavy atom. The predicted octanol–water partition coefficient (Wildman–Crippen LogP) is 1.09. The first-order chi connectivity index (χ1) is 5.59. The van der Waals surface area contributed by atoms with Crippen LogP contribution in [0.15, 0.2) is 17.5 Å². The van der Waals surface area contributed by atoms with Crippen LogP contribution in [0, 0.1) is 0 Å². The number of rotatable bonds is 2. The average molecular weight is 185 g/mol. The van der Waals surface area contributed by atoms with Gasteiger partial charge in [-0.2, -0.15) is 0 Å². The van der Waals surface area contributed by atoms with Gasteiger partial charge in [0.2, 0.25) is 0 Å². The number of ether oxygens (including phenoxy) is 1. The van der Waals surface area contributed by atoms with E-state index in [-0.39, 0.29) is 0 Å². The predicted molar refractivity (Wildman–Crippen MR) is 47.9 cm³/mol. The topological polar surface area (TPSA) is 52.3 Å². The molecule has 3 nitrogen and oxygen atoms in total. The second-order valence-corrected chi connectivity index (χ2v) is 3.62. The number of hydrogen-bond donors (Lipinski definition) is 1. The molecule has 2 N–H and O–H groups in total. The molecule has 0 aliphatic heterocycles. The Bertz CT molecular complexity index is 267. The molecule has 1 rings (SSSR count). The van der Waals surface area contributed by atoms with Gasteiger partial charge < -0.3 is 10.5 Å². The van der Waals surface area contributed by atoms with Gasteiger partial charge in [0.15, 0.2) is 0 Å². The van der Waals surface area contributed by atoms with Crippen molar-refractivity contribution in [3.05, 3.63) is 22.4 Å². The molecule has 0 aliphatic carbocycles. The van der Waals surface area contributed by atoms with Gasteiger partial charge in [0, 0.05) is 4.88 Å². The van der Waals surface area contributed by atoms with E-state index < -0.39 is 11.5 Å². The molecule has 12 heavy (non-hydrogen) atoms. The lowest BCUT2D eigenvalue weighted by Gasteiger charge is -2.19. The van der Waals surface area contributed by atoms with Gasteiger partial charge in [-0.3, -0.25) is 0 Å². The van der Waals surface area contributed by atoms with Crippen molar-refractivity contribution in [3.8, 4) is 0 Å². The van der Waals surface area contributed by atoms with Crippen molar-refractivity contribution in [2.45, 2.75) is 12.5 Å². The zero-order chi connectivity index (χ0) is 9.19. The molecular weight excluding hydrogens is 174 g/mol. The van der Waals surface area contributed by atoms with Crippen LogP contribution in [0.2, 0.25) is 0 Å². The monoisotopic (exact) mass is 185 g/mol. The molecule has 0 unspecified atom stereocenters. The van der Waals surface area contributed by atoms with E-state index in [1.807, 2.05) is 17.5 Å². The highest BCUT2D eigenvalue weighted by Crippen LogP contribution is 2.23. The zero-order valence-electron chi connectivity index (χ0n) is 7.03. The van der Waals surface area contributed by atoms with Crippen LogP contribution in [-0.4, -0.2) is 13.1 Å². The molecule has 0 bridgehead atoms. The molecule has 0 fully saturated rings. The normalized spacial score (nSPS) is 15.2. The molecule has 0 saturated carbocycles. The van der Waals surface area contributed by atoms with Gasteiger partial charge in [0.25, 0.3) is 0 Å². The molecule has 66 valence electrons. The van der Waals surface area contributed by atoms with Crippen LogP contribution in [0.3, 0.4) is 0 Å². The van der Waals surface area contributed by atoms with Crippen molar-refractivity contribution in [2.24, 2.45) is 5.73 Å². The van der Waals surface area contributed by atoms with Crippen LogP contribution in [0.4, 0.5) is 0 Å². The third-order valence-corrected chi connectivity index (χ3v) is 2.75. The van der Waals surface area contributed by atoms with E-state index in [1.54, 1.807) is 6.92 Å². The lowest BCUT2D eigenvalue weighted by atomic mass is 10.0. The Kier molecular flexibility index (Phi) is 2.49. The Labute approximate surface area is 75.1 Å². The SMILES string of the molecule is COC(=O)[C@](C)(N)c1cccs1. The van der Waals surface area contributed by atoms with E-state index in [0.29, 0.717) is 0 Å². The number of nitrogens with two attached hydrogens (primary N) is 1. The highest BCUT2D eigenvalue weighted by Gasteiger charge is 2.32. The Morgan fingerprint density at radius 3 is 2.83 bits per heavy atom. The van der Waals surface area contributed by atoms with Crippen LogP contribution in [0.25, 0.3) is 0 Å². The Morgan fingerprint density at radius 1 is 1.75 bits per heavy atom. The minimum Gasteiger partial charge on any atom is -0.467 e. The highest BCUT2D eigenvalue weighted by molar-refractivity contribution is 7.10. The van der Waals surface area contributed by atoms with Crippen molar-refractivity contribution < 1.29 is 9.53 Å². The lowest BCUT2D eigenvalue weighted by molar-refractivity contribution is -0.146. The minimum atomic E-state index is -1.01. The summed E-state index contributed by atoms with van der Waals surface area (Å²) in [4.78, 5) is 12.0. The number of esters is 1. The summed E-state index contributed by atoms with van der Waals surface area (Å²) in [5, 5.41) is 1.88. The maximum atomic E-state index is 11.2. The fourth-order valence-corrected chi connectivity index (χ4v) is 1.68. The molecule has 1 atom stereocenters. The second-order valence-electron chi connectivity index (χ2n) is 2.67. The maximum Gasteiger partial charge on any atom is 0.331 e. The standard InChI is InChI=1S/C8H11NO2S/c1-8(9,7(10)11-2)6-4-3-5-12-6/h3-5H,9H2,1-2H3/t8-/m1/s1. The van der Waals surface area contributed by atoms with Gasteiger partial charge in [-0.25, -0.2) is 4.79 Å². The molecule has 1 heterocycles. The van der Waals surface area contributed by atoms with Gasteiger partial charge in [0.1, 0.15) is 5.54 Å². The fraction of sp³-hybridized carbons (Fsp3) is 0.375. The van der Waals surface area contributed by atoms with Crippen molar-refractivity contribution in [1.29, 1.82) is 0 Å². The molecule has 0 amide bonds. The summed E-state index contributed by atoms with van der Waals surface area (Å²) in [5.41, 5.74) is 4.76. The molecule has 1 aromatic heterocycles. The molecule has 0 spiro atoms. The third-order valence-electron chi connectivity index (χ3n) is 1.64. The summed E-state index contributed by atoms with van der Waals surface area (Å²) in [6.45, 7) is 1.64. The van der Waals surface area contributed by atoms with E-state index in [2.05, 4.69) is 4.74 Å². The van der Waals surface area contributed by atoms with Gasteiger partial charge in [-0.05, 0) is 18.4 Å². The number of carbonyl (C=O) groups excluding carboxylic acids is 1. The number of methoxy groups -OCH3 is 1. The van der Waals surface area contributed by atoms with Gasteiger partial charge in [-0.15, -0.1) is 11.3 Å². The minimum absolute atomic E-state index is 0.412. The van der Waals surface area contributed by atoms with Crippen molar-refractivity contribution >= 4 is 17.3 Å². The quantitative estimate of drug-likeness (QED) is 0.702. The largest absolute Gasteiger partial charge is 0.467 e. The highest BCUT2D eigenvalue weighted by atomic mass is 32.1. The lowest BCUT2D eigenvalue weighted by Crippen LogP contribution is -2.41. The van der Waals surface area contributed by atoms with Crippen LogP contribution < -0.4 is 5.73 Å². The fourth-order valence-electron chi connectivity index (χ4n) is 0.887. The molecule has 0 aliphatic rings. The Hall–Kier alpha value is -0.870. The first-order valence-corrected chi connectivity index (χ1v) is 4.38. The smallest absolute Gasteiger partial charge is 0.331 e. The van der Waals surface area contributed by atoms with Gasteiger partial charge >= 0.3 is 5.97 Å². The van der Waals surface area contributed by atoms with Gasteiger partial charge in [-0.1, -0.05) is 6.07 Å². The van der Waals surface area contributed by atoms with Crippen molar-refractivity contribution in [1.82, 2.24) is 0 Å². The summed E-state index contributed by atoms with van der Waals surface area (Å²) in [7, 11) is 1.33. The first kappa shape index (κ1) is 9.22. The summed E-state index contributed by atoms with van der Waals surface area (Å²) in [6, 6.07) is 3.68. The molecule has 4 heteroatoms. The average Bonchev–Trinajstić information content (AvgIpc) is 2.55. The molecule has 0 aromatic carbocycles. The summed E-state index contributed by atoms with van der Waals surface area (Å²) in [5.74, 6) is -0.412. The number of hydrogen-bond acceptors (Lipinski definition) is 4. The van der Waals surface area contributed by atoms with Crippen LogP contribution >= 0.6 is 11.3 Å². The van der Waals surface area contributed by atoms with Gasteiger partial charge in [0.05, 0.1) is 7.11 Å². The van der Waals surface area contributed by atoms with Crippen LogP contribution in [0.5, 0.6) is 0 Å². The zero-order valence-corrected chi connectivity index (χ0v) is 7.85. The van der Waals surface area contributed by atoms with E-state index in [1.165, 1.54) is 18.4 Å². The summed E-state index contributed by atoms with van der Waals surface area (Å²) >= 11 is 1.45. The van der Waals surface area contributed by atoms with E-state index in [9.17, 15) is 4.79 Å². The molecule has 0 saturated heterocycles. The molecule has 1 aromatic rings. The molecular formula is C8H11NO2S. The second kappa shape index (κ2) is 3.25. The van der Waals surface area contributed by atoms with Crippen molar-refractivity contribution in [3.63, 3.8) is 0 Å².